The topological polar surface area (TPSA) is 35.5 Å². The molecule has 2 aliphatic rings. The maximum Gasteiger partial charge on any atom is 0.461 e. The van der Waals surface area contributed by atoms with Crippen LogP contribution in [0.5, 0.6) is 0 Å². The summed E-state index contributed by atoms with van der Waals surface area (Å²) in [5.41, 5.74) is -0.464. The summed E-state index contributed by atoms with van der Waals surface area (Å²) in [6.45, 7) is 10.1. The van der Waals surface area contributed by atoms with Crippen LogP contribution in [0.1, 0.15) is 73.1 Å². The fourth-order valence-corrected chi connectivity index (χ4v) is 3.33. The number of ketones is 1. The molecule has 0 bridgehead atoms. The van der Waals surface area contributed by atoms with Crippen molar-refractivity contribution in [3.8, 4) is 0 Å². The van der Waals surface area contributed by atoms with Crippen molar-refractivity contribution >= 4 is 12.9 Å². The summed E-state index contributed by atoms with van der Waals surface area (Å²) >= 11 is 0. The van der Waals surface area contributed by atoms with Gasteiger partial charge in [0.25, 0.3) is 0 Å². The fraction of sp³-hybridized carbons (Fsp3) is 0.938. The number of carbonyl (C=O) groups is 1. The number of carbonyl (C=O) groups excluding carboxylic acids is 1. The van der Waals surface area contributed by atoms with E-state index in [9.17, 15) is 4.79 Å². The highest BCUT2D eigenvalue weighted by molar-refractivity contribution is 6.47. The van der Waals surface area contributed by atoms with Crippen LogP contribution < -0.4 is 0 Å². The van der Waals surface area contributed by atoms with Crippen LogP contribution in [0.4, 0.5) is 0 Å². The Kier molecular flexibility index (Phi) is 4.65. The molecule has 0 aromatic heterocycles. The zero-order valence-corrected chi connectivity index (χ0v) is 13.7. The Hall–Kier alpha value is -0.345. The summed E-state index contributed by atoms with van der Waals surface area (Å²) in [6, 6.07) is 0. The first-order valence-corrected chi connectivity index (χ1v) is 8.06. The molecule has 2 rings (SSSR count). The molecule has 0 amide bonds. The van der Waals surface area contributed by atoms with Crippen molar-refractivity contribution in [3.05, 3.63) is 0 Å². The second kappa shape index (κ2) is 5.80. The SMILES string of the molecule is CC(=O)CCC1CCCC(B2OC(C)(C)C(C)(C)O2)C1. The molecule has 1 saturated carbocycles. The van der Waals surface area contributed by atoms with Gasteiger partial charge in [0, 0.05) is 6.42 Å². The van der Waals surface area contributed by atoms with Crippen LogP contribution in [0.2, 0.25) is 5.82 Å². The average molecular weight is 280 g/mol. The molecule has 0 aromatic rings. The lowest BCUT2D eigenvalue weighted by Gasteiger charge is -2.32. The van der Waals surface area contributed by atoms with Gasteiger partial charge in [-0.2, -0.15) is 0 Å². The van der Waals surface area contributed by atoms with Gasteiger partial charge < -0.3 is 14.1 Å². The highest BCUT2D eigenvalue weighted by atomic mass is 16.7. The second-order valence-electron chi connectivity index (χ2n) is 7.66. The first-order valence-electron chi connectivity index (χ1n) is 8.06. The molecule has 1 heterocycles. The van der Waals surface area contributed by atoms with Crippen molar-refractivity contribution in [2.24, 2.45) is 5.92 Å². The predicted octanol–water partition coefficient (Wildman–Crippen LogP) is 4.01. The number of hydrogen-bond donors (Lipinski definition) is 0. The van der Waals surface area contributed by atoms with Crippen LogP contribution >= 0.6 is 0 Å². The third-order valence-electron chi connectivity index (χ3n) is 5.38. The van der Waals surface area contributed by atoms with Crippen molar-refractivity contribution in [1.29, 1.82) is 0 Å². The van der Waals surface area contributed by atoms with Crippen molar-refractivity contribution in [2.45, 2.75) is 90.2 Å². The normalized spacial score (nSPS) is 32.4. The molecule has 0 spiro atoms. The summed E-state index contributed by atoms with van der Waals surface area (Å²) in [4.78, 5) is 11.1. The number of rotatable bonds is 4. The lowest BCUT2D eigenvalue weighted by molar-refractivity contribution is -0.117. The van der Waals surface area contributed by atoms with Crippen molar-refractivity contribution < 1.29 is 14.1 Å². The maximum absolute atomic E-state index is 11.1. The van der Waals surface area contributed by atoms with Crippen molar-refractivity contribution in [1.82, 2.24) is 0 Å². The Morgan fingerprint density at radius 2 is 1.75 bits per heavy atom. The largest absolute Gasteiger partial charge is 0.461 e. The first-order chi connectivity index (χ1) is 9.21. The average Bonchev–Trinajstić information content (AvgIpc) is 2.56. The second-order valence-corrected chi connectivity index (χ2v) is 7.66. The molecule has 0 aromatic carbocycles. The smallest absolute Gasteiger partial charge is 0.403 e. The zero-order chi connectivity index (χ0) is 15.0. The molecule has 1 aliphatic carbocycles. The van der Waals surface area contributed by atoms with Gasteiger partial charge in [0.05, 0.1) is 11.2 Å². The van der Waals surface area contributed by atoms with Gasteiger partial charge in [0.2, 0.25) is 0 Å². The van der Waals surface area contributed by atoms with E-state index in [1.165, 1.54) is 19.3 Å². The molecule has 2 fully saturated rings. The Morgan fingerprint density at radius 1 is 1.15 bits per heavy atom. The summed E-state index contributed by atoms with van der Waals surface area (Å²) in [5.74, 6) is 1.46. The summed E-state index contributed by atoms with van der Waals surface area (Å²) in [7, 11) is -0.0693. The minimum absolute atomic E-state index is 0.0693. The van der Waals surface area contributed by atoms with Gasteiger partial charge in [-0.25, -0.2) is 0 Å². The Labute approximate surface area is 123 Å². The molecule has 0 radical (unpaired) electrons. The summed E-state index contributed by atoms with van der Waals surface area (Å²) < 4.78 is 12.4. The first kappa shape index (κ1) is 16.0. The van der Waals surface area contributed by atoms with E-state index in [4.69, 9.17) is 9.31 Å². The molecular weight excluding hydrogens is 251 g/mol. The highest BCUT2D eigenvalue weighted by Crippen LogP contribution is 2.45. The Bertz CT molecular complexity index is 349. The van der Waals surface area contributed by atoms with E-state index in [-0.39, 0.29) is 18.3 Å². The molecule has 2 atom stereocenters. The van der Waals surface area contributed by atoms with E-state index in [0.29, 0.717) is 17.5 Å². The predicted molar refractivity (Wildman–Crippen MR) is 81.7 cm³/mol. The van der Waals surface area contributed by atoms with E-state index >= 15 is 0 Å². The number of Topliss-reactive ketones (excluding diaryl/α,β-unsaturated/α-hetero) is 1. The Balaban J connectivity index is 1.92. The van der Waals surface area contributed by atoms with Gasteiger partial charge in [0.1, 0.15) is 5.78 Å². The van der Waals surface area contributed by atoms with E-state index in [0.717, 1.165) is 19.3 Å². The summed E-state index contributed by atoms with van der Waals surface area (Å²) in [5, 5.41) is 0. The maximum atomic E-state index is 11.1. The van der Waals surface area contributed by atoms with Crippen LogP contribution in [0.3, 0.4) is 0 Å². The summed E-state index contributed by atoms with van der Waals surface area (Å²) in [6.07, 6.45) is 6.57. The van der Waals surface area contributed by atoms with Gasteiger partial charge in [-0.3, -0.25) is 0 Å². The molecule has 0 N–H and O–H groups in total. The van der Waals surface area contributed by atoms with E-state index < -0.39 is 0 Å². The minimum Gasteiger partial charge on any atom is -0.403 e. The van der Waals surface area contributed by atoms with E-state index in [1.54, 1.807) is 6.92 Å². The van der Waals surface area contributed by atoms with Gasteiger partial charge in [0.15, 0.2) is 0 Å². The van der Waals surface area contributed by atoms with Crippen LogP contribution in [0.25, 0.3) is 0 Å². The quantitative estimate of drug-likeness (QED) is 0.730. The van der Waals surface area contributed by atoms with Gasteiger partial charge >= 0.3 is 7.12 Å². The monoisotopic (exact) mass is 280 g/mol. The van der Waals surface area contributed by atoms with Gasteiger partial charge in [-0.15, -0.1) is 0 Å². The molecule has 1 aliphatic heterocycles. The fourth-order valence-electron chi connectivity index (χ4n) is 3.33. The van der Waals surface area contributed by atoms with E-state index in [1.807, 2.05) is 0 Å². The van der Waals surface area contributed by atoms with Gasteiger partial charge in [-0.05, 0) is 59.2 Å². The molecular formula is C16H29BO3. The van der Waals surface area contributed by atoms with E-state index in [2.05, 4.69) is 27.7 Å². The zero-order valence-electron chi connectivity index (χ0n) is 13.7. The molecule has 2 unspecified atom stereocenters. The minimum atomic E-state index is -0.232. The lowest BCUT2D eigenvalue weighted by atomic mass is 9.61. The van der Waals surface area contributed by atoms with Crippen LogP contribution in [-0.2, 0) is 14.1 Å². The molecule has 114 valence electrons. The molecule has 20 heavy (non-hydrogen) atoms. The third-order valence-corrected chi connectivity index (χ3v) is 5.38. The molecule has 3 nitrogen and oxygen atoms in total. The Morgan fingerprint density at radius 3 is 2.30 bits per heavy atom. The lowest BCUT2D eigenvalue weighted by Crippen LogP contribution is -2.41. The van der Waals surface area contributed by atoms with Crippen molar-refractivity contribution in [3.63, 3.8) is 0 Å². The third kappa shape index (κ3) is 3.45. The molecule has 1 saturated heterocycles. The van der Waals surface area contributed by atoms with Crippen LogP contribution in [0, 0.1) is 5.92 Å². The standard InChI is InChI=1S/C16H29BO3/c1-12(18)9-10-13-7-6-8-14(11-13)17-19-15(2,3)16(4,5)20-17/h13-14H,6-11H2,1-5H3. The highest BCUT2D eigenvalue weighted by Gasteiger charge is 2.53. The number of hydrogen-bond acceptors (Lipinski definition) is 3. The van der Waals surface area contributed by atoms with Crippen LogP contribution in [-0.4, -0.2) is 24.1 Å². The van der Waals surface area contributed by atoms with Crippen molar-refractivity contribution in [2.75, 3.05) is 0 Å². The van der Waals surface area contributed by atoms with Gasteiger partial charge in [-0.1, -0.05) is 19.3 Å². The van der Waals surface area contributed by atoms with Crippen LogP contribution in [0.15, 0.2) is 0 Å². The molecule has 4 heteroatoms.